The van der Waals surface area contributed by atoms with E-state index >= 15 is 0 Å². The number of nitro benzene ring substituents is 1. The van der Waals surface area contributed by atoms with Crippen molar-refractivity contribution in [3.8, 4) is 0 Å². The number of nitrogens with zero attached hydrogens (tertiary/aromatic N) is 2. The number of rotatable bonds is 5. The minimum absolute atomic E-state index is 0.0589. The average molecular weight is 358 g/mol. The summed E-state index contributed by atoms with van der Waals surface area (Å²) in [5.41, 5.74) is 0.0427. The first-order chi connectivity index (χ1) is 11.9. The van der Waals surface area contributed by atoms with Crippen LogP contribution in [0.15, 0.2) is 54.7 Å². The summed E-state index contributed by atoms with van der Waals surface area (Å²) in [5, 5.41) is 26.1. The van der Waals surface area contributed by atoms with Gasteiger partial charge in [-0.05, 0) is 37.3 Å². The zero-order valence-electron chi connectivity index (χ0n) is 13.4. The number of nitrogens with one attached hydrogen (secondary N) is 1. The van der Waals surface area contributed by atoms with Gasteiger partial charge in [0.25, 0.3) is 0 Å². The maximum absolute atomic E-state index is 11.5. The second kappa shape index (κ2) is 6.66. The Kier molecular flexibility index (Phi) is 4.57. The molecule has 0 radical (unpaired) electrons. The van der Waals surface area contributed by atoms with Crippen molar-refractivity contribution < 1.29 is 10.0 Å². The minimum Gasteiger partial charge on any atom is -0.384 e. The molecule has 0 saturated carbocycles. The fourth-order valence-electron chi connectivity index (χ4n) is 2.74. The van der Waals surface area contributed by atoms with Gasteiger partial charge < -0.3 is 10.4 Å². The van der Waals surface area contributed by atoms with Gasteiger partial charge in [-0.1, -0.05) is 29.8 Å². The number of hydrogen-bond donors (Lipinski definition) is 2. The van der Waals surface area contributed by atoms with E-state index in [2.05, 4.69) is 10.3 Å². The number of nitro groups is 1. The number of benzene rings is 2. The molecular formula is C18H16ClN3O3. The number of aromatic nitrogens is 1. The van der Waals surface area contributed by atoms with E-state index in [1.165, 1.54) is 0 Å². The van der Waals surface area contributed by atoms with Crippen molar-refractivity contribution in [1.29, 1.82) is 0 Å². The monoisotopic (exact) mass is 357 g/mol. The van der Waals surface area contributed by atoms with E-state index in [-0.39, 0.29) is 12.2 Å². The van der Waals surface area contributed by atoms with Crippen LogP contribution in [0, 0.1) is 10.1 Å². The van der Waals surface area contributed by atoms with Gasteiger partial charge in [-0.25, -0.2) is 0 Å². The molecule has 0 aliphatic rings. The van der Waals surface area contributed by atoms with Crippen molar-refractivity contribution >= 4 is 33.9 Å². The molecule has 0 aliphatic carbocycles. The lowest BCUT2D eigenvalue weighted by atomic mass is 9.95. The van der Waals surface area contributed by atoms with Gasteiger partial charge in [0.2, 0.25) is 0 Å². The predicted molar refractivity (Wildman–Crippen MR) is 97.9 cm³/mol. The highest BCUT2D eigenvalue weighted by Crippen LogP contribution is 2.34. The van der Waals surface area contributed by atoms with Crippen molar-refractivity contribution in [1.82, 2.24) is 4.98 Å². The molecule has 1 aromatic heterocycles. The Balaban J connectivity index is 1.95. The molecule has 25 heavy (non-hydrogen) atoms. The number of halogens is 1. The van der Waals surface area contributed by atoms with Crippen LogP contribution in [-0.2, 0) is 5.60 Å². The van der Waals surface area contributed by atoms with Crippen LogP contribution >= 0.6 is 11.6 Å². The highest BCUT2D eigenvalue weighted by atomic mass is 35.5. The summed E-state index contributed by atoms with van der Waals surface area (Å²) >= 11 is 6.15. The first-order valence-electron chi connectivity index (χ1n) is 7.63. The largest absolute Gasteiger partial charge is 0.384 e. The van der Waals surface area contributed by atoms with E-state index in [0.29, 0.717) is 27.2 Å². The number of fused-ring (bicyclic) bond motifs is 1. The highest BCUT2D eigenvalue weighted by Gasteiger charge is 2.27. The molecule has 3 aromatic rings. The Labute approximate surface area is 149 Å². The second-order valence-corrected chi connectivity index (χ2v) is 6.30. The van der Waals surface area contributed by atoms with Crippen molar-refractivity contribution in [2.24, 2.45) is 0 Å². The Morgan fingerprint density at radius 1 is 1.24 bits per heavy atom. The van der Waals surface area contributed by atoms with Crippen molar-refractivity contribution in [3.05, 3.63) is 75.4 Å². The number of anilines is 1. The molecule has 7 heteroatoms. The van der Waals surface area contributed by atoms with Gasteiger partial charge in [0.15, 0.2) is 0 Å². The van der Waals surface area contributed by atoms with Gasteiger partial charge in [0.05, 0.1) is 15.8 Å². The summed E-state index contributed by atoms with van der Waals surface area (Å²) in [7, 11) is 0. The standard InChI is InChI=1S/C18H16ClN3O3/c1-18(23,13-6-2-3-7-14(13)19)11-21-16-9-8-15-12(5-4-10-20-15)17(16)22(24)25/h2-10,21,23H,11H2,1H3. The van der Waals surface area contributed by atoms with Crippen LogP contribution in [-0.4, -0.2) is 21.6 Å². The van der Waals surface area contributed by atoms with Gasteiger partial charge >= 0.3 is 5.69 Å². The van der Waals surface area contributed by atoms with Crippen LogP contribution in [0.1, 0.15) is 12.5 Å². The quantitative estimate of drug-likeness (QED) is 0.529. The molecule has 0 saturated heterocycles. The van der Waals surface area contributed by atoms with Crippen molar-refractivity contribution in [3.63, 3.8) is 0 Å². The van der Waals surface area contributed by atoms with Gasteiger partial charge in [-0.3, -0.25) is 15.1 Å². The van der Waals surface area contributed by atoms with Crippen LogP contribution in [0.5, 0.6) is 0 Å². The Morgan fingerprint density at radius 2 is 2.00 bits per heavy atom. The Bertz CT molecular complexity index is 944. The molecule has 6 nitrogen and oxygen atoms in total. The second-order valence-electron chi connectivity index (χ2n) is 5.90. The lowest BCUT2D eigenvalue weighted by Gasteiger charge is -2.25. The van der Waals surface area contributed by atoms with Crippen molar-refractivity contribution in [2.45, 2.75) is 12.5 Å². The van der Waals surface area contributed by atoms with Gasteiger partial charge in [0, 0.05) is 23.3 Å². The Morgan fingerprint density at radius 3 is 2.72 bits per heavy atom. The average Bonchev–Trinajstić information content (AvgIpc) is 2.59. The Hall–Kier alpha value is -2.70. The third-order valence-electron chi connectivity index (χ3n) is 4.02. The molecule has 0 bridgehead atoms. The van der Waals surface area contributed by atoms with E-state index in [1.54, 1.807) is 61.7 Å². The van der Waals surface area contributed by atoms with Crippen LogP contribution < -0.4 is 5.32 Å². The normalized spacial score (nSPS) is 13.4. The van der Waals surface area contributed by atoms with Crippen LogP contribution in [0.3, 0.4) is 0 Å². The van der Waals surface area contributed by atoms with E-state index in [4.69, 9.17) is 11.6 Å². The summed E-state index contributed by atoms with van der Waals surface area (Å²) in [6.07, 6.45) is 1.58. The molecule has 1 atom stereocenters. The third-order valence-corrected chi connectivity index (χ3v) is 4.35. The first kappa shape index (κ1) is 17.1. The number of aliphatic hydroxyl groups is 1. The third kappa shape index (κ3) is 3.40. The summed E-state index contributed by atoms with van der Waals surface area (Å²) in [4.78, 5) is 15.2. The maximum Gasteiger partial charge on any atom is 0.301 e. The van der Waals surface area contributed by atoms with E-state index in [9.17, 15) is 15.2 Å². The fraction of sp³-hybridized carbons (Fsp3) is 0.167. The zero-order chi connectivity index (χ0) is 18.0. The minimum atomic E-state index is -1.30. The maximum atomic E-state index is 11.5. The topological polar surface area (TPSA) is 88.3 Å². The van der Waals surface area contributed by atoms with Gasteiger partial charge in [-0.2, -0.15) is 0 Å². The first-order valence-corrected chi connectivity index (χ1v) is 8.01. The summed E-state index contributed by atoms with van der Waals surface area (Å²) in [6.45, 7) is 1.67. The molecule has 3 rings (SSSR count). The molecular weight excluding hydrogens is 342 g/mol. The van der Waals surface area contributed by atoms with Crippen LogP contribution in [0.25, 0.3) is 10.9 Å². The number of hydrogen-bond acceptors (Lipinski definition) is 5. The summed E-state index contributed by atoms with van der Waals surface area (Å²) < 4.78 is 0. The highest BCUT2D eigenvalue weighted by molar-refractivity contribution is 6.31. The van der Waals surface area contributed by atoms with Gasteiger partial charge in [-0.15, -0.1) is 0 Å². The molecule has 128 valence electrons. The molecule has 1 unspecified atom stereocenters. The number of pyridine rings is 1. The molecule has 0 amide bonds. The zero-order valence-corrected chi connectivity index (χ0v) is 14.2. The molecule has 0 aliphatic heterocycles. The smallest absolute Gasteiger partial charge is 0.301 e. The SMILES string of the molecule is CC(O)(CNc1ccc2ncccc2c1[N+](=O)[O-])c1ccccc1Cl. The lowest BCUT2D eigenvalue weighted by Crippen LogP contribution is -2.31. The van der Waals surface area contributed by atoms with Crippen molar-refractivity contribution in [2.75, 3.05) is 11.9 Å². The predicted octanol–water partition coefficient (Wildman–Crippen LogP) is 4.12. The van der Waals surface area contributed by atoms with Gasteiger partial charge in [0.1, 0.15) is 11.3 Å². The lowest BCUT2D eigenvalue weighted by molar-refractivity contribution is -0.382. The fourth-order valence-corrected chi connectivity index (χ4v) is 3.08. The molecule has 1 heterocycles. The van der Waals surface area contributed by atoms with Crippen LogP contribution in [0.2, 0.25) is 5.02 Å². The van der Waals surface area contributed by atoms with E-state index < -0.39 is 10.5 Å². The van der Waals surface area contributed by atoms with E-state index in [0.717, 1.165) is 0 Å². The van der Waals surface area contributed by atoms with E-state index in [1.807, 2.05) is 0 Å². The molecule has 0 spiro atoms. The molecule has 0 fully saturated rings. The molecule has 2 aromatic carbocycles. The summed E-state index contributed by atoms with van der Waals surface area (Å²) in [5.74, 6) is 0. The van der Waals surface area contributed by atoms with Crippen LogP contribution in [0.4, 0.5) is 11.4 Å². The summed E-state index contributed by atoms with van der Waals surface area (Å²) in [6, 6.07) is 13.6. The molecule has 2 N–H and O–H groups in total.